The van der Waals surface area contributed by atoms with Crippen LogP contribution in [0.4, 0.5) is 0 Å². The fourth-order valence-corrected chi connectivity index (χ4v) is 2.16. The van der Waals surface area contributed by atoms with Gasteiger partial charge in [-0.05, 0) is 25.5 Å². The Bertz CT molecular complexity index is 873. The Labute approximate surface area is 149 Å². The van der Waals surface area contributed by atoms with Crippen LogP contribution < -0.4 is 16.3 Å². The first kappa shape index (κ1) is 19.2. The van der Waals surface area contributed by atoms with Crippen LogP contribution in [0.3, 0.4) is 0 Å². The van der Waals surface area contributed by atoms with Crippen LogP contribution in [0.2, 0.25) is 0 Å². The number of amides is 2. The van der Waals surface area contributed by atoms with E-state index in [0.717, 1.165) is 6.42 Å². The molecule has 2 N–H and O–H groups in total. The SMILES string of the molecule is CCCNC(=O)[C@H](C)NC(=O)COC(=O)c1cc2ccccc2oc1=O. The van der Waals surface area contributed by atoms with Crippen molar-refractivity contribution in [3.05, 3.63) is 46.3 Å². The Morgan fingerprint density at radius 2 is 1.96 bits per heavy atom. The molecule has 0 spiro atoms. The Morgan fingerprint density at radius 3 is 2.69 bits per heavy atom. The highest BCUT2D eigenvalue weighted by Gasteiger charge is 2.19. The number of ether oxygens (including phenoxy) is 1. The number of carbonyl (C=O) groups is 3. The number of rotatable bonds is 7. The molecular formula is C18H20N2O6. The van der Waals surface area contributed by atoms with Gasteiger partial charge in [0.25, 0.3) is 5.91 Å². The number of para-hydroxylation sites is 1. The Morgan fingerprint density at radius 1 is 1.23 bits per heavy atom. The van der Waals surface area contributed by atoms with E-state index in [0.29, 0.717) is 17.5 Å². The van der Waals surface area contributed by atoms with Crippen LogP contribution in [0.25, 0.3) is 11.0 Å². The molecule has 2 aromatic rings. The van der Waals surface area contributed by atoms with Crippen LogP contribution in [0.15, 0.2) is 39.5 Å². The lowest BCUT2D eigenvalue weighted by atomic mass is 10.2. The van der Waals surface area contributed by atoms with Crippen LogP contribution in [0, 0.1) is 0 Å². The van der Waals surface area contributed by atoms with Crippen LogP contribution in [-0.2, 0) is 14.3 Å². The topological polar surface area (TPSA) is 115 Å². The molecular weight excluding hydrogens is 340 g/mol. The number of benzene rings is 1. The molecule has 8 nitrogen and oxygen atoms in total. The smallest absolute Gasteiger partial charge is 0.351 e. The van der Waals surface area contributed by atoms with Gasteiger partial charge in [-0.25, -0.2) is 9.59 Å². The van der Waals surface area contributed by atoms with E-state index in [4.69, 9.17) is 9.15 Å². The lowest BCUT2D eigenvalue weighted by molar-refractivity contribution is -0.130. The zero-order valence-corrected chi connectivity index (χ0v) is 14.5. The van der Waals surface area contributed by atoms with Crippen molar-refractivity contribution in [3.63, 3.8) is 0 Å². The number of fused-ring (bicyclic) bond motifs is 1. The zero-order chi connectivity index (χ0) is 19.1. The maximum absolute atomic E-state index is 12.0. The molecule has 8 heteroatoms. The first-order chi connectivity index (χ1) is 12.4. The summed E-state index contributed by atoms with van der Waals surface area (Å²) in [5, 5.41) is 5.61. The van der Waals surface area contributed by atoms with Gasteiger partial charge in [0.05, 0.1) is 0 Å². The second kappa shape index (κ2) is 8.80. The lowest BCUT2D eigenvalue weighted by Gasteiger charge is -2.13. The third-order valence-electron chi connectivity index (χ3n) is 3.52. The Kier molecular flexibility index (Phi) is 6.48. The van der Waals surface area contributed by atoms with Crippen LogP contribution in [0.1, 0.15) is 30.6 Å². The largest absolute Gasteiger partial charge is 0.452 e. The Balaban J connectivity index is 1.94. The molecule has 0 saturated heterocycles. The number of hydrogen-bond donors (Lipinski definition) is 2. The third-order valence-corrected chi connectivity index (χ3v) is 3.52. The summed E-state index contributed by atoms with van der Waals surface area (Å²) in [6.07, 6.45) is 0.776. The fourth-order valence-electron chi connectivity index (χ4n) is 2.16. The van der Waals surface area contributed by atoms with Crippen molar-refractivity contribution < 1.29 is 23.5 Å². The predicted octanol–water partition coefficient (Wildman–Crippen LogP) is 0.981. The molecule has 0 fully saturated rings. The average Bonchev–Trinajstić information content (AvgIpc) is 2.63. The van der Waals surface area contributed by atoms with Crippen molar-refractivity contribution in [1.29, 1.82) is 0 Å². The first-order valence-corrected chi connectivity index (χ1v) is 8.19. The molecule has 1 aromatic heterocycles. The monoisotopic (exact) mass is 360 g/mol. The molecule has 0 aliphatic rings. The zero-order valence-electron chi connectivity index (χ0n) is 14.5. The van der Waals surface area contributed by atoms with E-state index in [9.17, 15) is 19.2 Å². The van der Waals surface area contributed by atoms with Crippen molar-refractivity contribution in [3.8, 4) is 0 Å². The maximum atomic E-state index is 12.0. The number of carbonyl (C=O) groups excluding carboxylic acids is 3. The van der Waals surface area contributed by atoms with Crippen molar-refractivity contribution in [2.24, 2.45) is 0 Å². The second-order valence-corrected chi connectivity index (χ2v) is 5.64. The van der Waals surface area contributed by atoms with Gasteiger partial charge in [0.15, 0.2) is 6.61 Å². The van der Waals surface area contributed by atoms with Gasteiger partial charge in [0.1, 0.15) is 17.2 Å². The van der Waals surface area contributed by atoms with Gasteiger partial charge in [-0.3, -0.25) is 9.59 Å². The van der Waals surface area contributed by atoms with E-state index in [2.05, 4.69) is 10.6 Å². The summed E-state index contributed by atoms with van der Waals surface area (Å²) in [6.45, 7) is 3.32. The first-order valence-electron chi connectivity index (χ1n) is 8.19. The highest BCUT2D eigenvalue weighted by molar-refractivity contribution is 5.94. The summed E-state index contributed by atoms with van der Waals surface area (Å²) >= 11 is 0. The third kappa shape index (κ3) is 4.92. The molecule has 0 radical (unpaired) electrons. The van der Waals surface area contributed by atoms with Crippen LogP contribution >= 0.6 is 0 Å². The minimum Gasteiger partial charge on any atom is -0.452 e. The highest BCUT2D eigenvalue weighted by Crippen LogP contribution is 2.13. The molecule has 1 atom stereocenters. The predicted molar refractivity (Wildman–Crippen MR) is 93.7 cm³/mol. The summed E-state index contributed by atoms with van der Waals surface area (Å²) in [6, 6.07) is 7.30. The molecule has 2 rings (SSSR count). The Hall–Kier alpha value is -3.16. The molecule has 1 aromatic carbocycles. The minimum atomic E-state index is -0.970. The van der Waals surface area contributed by atoms with Crippen LogP contribution in [-0.4, -0.2) is 37.0 Å². The summed E-state index contributed by atoms with van der Waals surface area (Å²) in [7, 11) is 0. The van der Waals surface area contributed by atoms with Gasteiger partial charge in [-0.1, -0.05) is 25.1 Å². The standard InChI is InChI=1S/C18H20N2O6/c1-3-8-19-16(22)11(2)20-15(21)10-25-17(23)13-9-12-6-4-5-7-14(12)26-18(13)24/h4-7,9,11H,3,8,10H2,1-2H3,(H,19,22)(H,20,21)/t11-/m0/s1. The van der Waals surface area contributed by atoms with Gasteiger partial charge in [-0.2, -0.15) is 0 Å². The average molecular weight is 360 g/mol. The van der Waals surface area contributed by atoms with Crippen molar-refractivity contribution in [2.45, 2.75) is 26.3 Å². The van der Waals surface area contributed by atoms with Gasteiger partial charge >= 0.3 is 11.6 Å². The molecule has 138 valence electrons. The highest BCUT2D eigenvalue weighted by atomic mass is 16.5. The number of esters is 1. The van der Waals surface area contributed by atoms with E-state index in [1.807, 2.05) is 6.92 Å². The van der Waals surface area contributed by atoms with Crippen molar-refractivity contribution in [1.82, 2.24) is 10.6 Å². The molecule has 0 aliphatic carbocycles. The minimum absolute atomic E-state index is 0.301. The number of nitrogens with one attached hydrogen (secondary N) is 2. The molecule has 26 heavy (non-hydrogen) atoms. The maximum Gasteiger partial charge on any atom is 0.351 e. The summed E-state index contributed by atoms with van der Waals surface area (Å²) < 4.78 is 9.88. The molecule has 0 unspecified atom stereocenters. The van der Waals surface area contributed by atoms with E-state index in [1.165, 1.54) is 13.0 Å². The summed E-state index contributed by atoms with van der Waals surface area (Å²) in [4.78, 5) is 47.4. The summed E-state index contributed by atoms with van der Waals surface area (Å²) in [5.74, 6) is -1.95. The second-order valence-electron chi connectivity index (χ2n) is 5.64. The summed E-state index contributed by atoms with van der Waals surface area (Å²) in [5.41, 5.74) is -0.801. The van der Waals surface area contributed by atoms with Gasteiger partial charge < -0.3 is 19.8 Å². The van der Waals surface area contributed by atoms with Gasteiger partial charge in [0, 0.05) is 11.9 Å². The fraction of sp³-hybridized carbons (Fsp3) is 0.333. The van der Waals surface area contributed by atoms with Crippen molar-refractivity contribution >= 4 is 28.8 Å². The van der Waals surface area contributed by atoms with E-state index < -0.39 is 30.2 Å². The van der Waals surface area contributed by atoms with E-state index >= 15 is 0 Å². The molecule has 0 saturated carbocycles. The molecule has 0 aliphatic heterocycles. The lowest BCUT2D eigenvalue weighted by Crippen LogP contribution is -2.46. The van der Waals surface area contributed by atoms with Gasteiger partial charge in [0.2, 0.25) is 5.91 Å². The molecule has 0 bridgehead atoms. The normalized spacial score (nSPS) is 11.6. The van der Waals surface area contributed by atoms with Gasteiger partial charge in [-0.15, -0.1) is 0 Å². The van der Waals surface area contributed by atoms with Crippen molar-refractivity contribution in [2.75, 3.05) is 13.2 Å². The quantitative estimate of drug-likeness (QED) is 0.562. The molecule has 1 heterocycles. The van der Waals surface area contributed by atoms with E-state index in [1.54, 1.807) is 24.3 Å². The van der Waals surface area contributed by atoms with Crippen LogP contribution in [0.5, 0.6) is 0 Å². The molecule has 2 amide bonds. The number of hydrogen-bond acceptors (Lipinski definition) is 6. The van der Waals surface area contributed by atoms with E-state index in [-0.39, 0.29) is 11.5 Å².